The fourth-order valence-electron chi connectivity index (χ4n) is 2.16. The molecule has 1 aromatic heterocycles. The van der Waals surface area contributed by atoms with Crippen molar-refractivity contribution in [3.05, 3.63) is 63.6 Å². The molecule has 26 heavy (non-hydrogen) atoms. The number of nitrogens with two attached hydrogens (primary N) is 1. The van der Waals surface area contributed by atoms with Gasteiger partial charge >= 0.3 is 0 Å². The molecule has 0 aliphatic rings. The van der Waals surface area contributed by atoms with Gasteiger partial charge in [-0.1, -0.05) is 23.2 Å². The molecule has 0 spiro atoms. The van der Waals surface area contributed by atoms with Crippen LogP contribution in [0.2, 0.25) is 10.0 Å². The molecule has 0 bridgehead atoms. The lowest BCUT2D eigenvalue weighted by atomic mass is 10.2. The fourth-order valence-corrected chi connectivity index (χ4v) is 2.46. The number of phenolic OH excluding ortho intramolecular Hbond substituents is 1. The molecule has 0 aliphatic heterocycles. The zero-order valence-corrected chi connectivity index (χ0v) is 14.7. The minimum atomic E-state index is -0.695. The lowest BCUT2D eigenvalue weighted by Crippen LogP contribution is -2.12. The highest BCUT2D eigenvalue weighted by atomic mass is 35.5. The molecule has 3 rings (SSSR count). The number of nitrogens with zero attached hydrogens (tertiary/aromatic N) is 2. The minimum Gasteiger partial charge on any atom is -0.508 e. The average Bonchev–Trinajstić information content (AvgIpc) is 3.00. The SMILES string of the molecule is NC(=O)c1c(Nc2ccc(Cl)c(Cl)c2)n[nH]c1/N=C/c1ccc(O)cc1. The van der Waals surface area contributed by atoms with Gasteiger partial charge in [-0.05, 0) is 48.0 Å². The Balaban J connectivity index is 1.89. The maximum atomic E-state index is 11.8. The Morgan fingerprint density at radius 2 is 1.92 bits per heavy atom. The smallest absolute Gasteiger partial charge is 0.256 e. The molecule has 0 aliphatic carbocycles. The first-order chi connectivity index (χ1) is 12.4. The van der Waals surface area contributed by atoms with Crippen LogP contribution in [0.1, 0.15) is 15.9 Å². The van der Waals surface area contributed by atoms with E-state index in [-0.39, 0.29) is 22.9 Å². The Bertz CT molecular complexity index is 983. The van der Waals surface area contributed by atoms with Crippen LogP contribution in [0.25, 0.3) is 0 Å². The summed E-state index contributed by atoms with van der Waals surface area (Å²) < 4.78 is 0. The third-order valence-corrected chi connectivity index (χ3v) is 4.15. The topological polar surface area (TPSA) is 116 Å². The molecule has 0 unspecified atom stereocenters. The van der Waals surface area contributed by atoms with E-state index in [0.717, 1.165) is 5.56 Å². The molecule has 0 radical (unpaired) electrons. The normalized spacial score (nSPS) is 11.0. The number of carbonyl (C=O) groups is 1. The number of halogens is 2. The summed E-state index contributed by atoms with van der Waals surface area (Å²) in [4.78, 5) is 16.0. The number of aromatic amines is 1. The summed E-state index contributed by atoms with van der Waals surface area (Å²) in [6.45, 7) is 0. The predicted octanol–water partition coefficient (Wildman–Crippen LogP) is 4.02. The molecule has 2 aromatic carbocycles. The van der Waals surface area contributed by atoms with Gasteiger partial charge < -0.3 is 16.2 Å². The van der Waals surface area contributed by atoms with Crippen LogP contribution in [0.15, 0.2) is 47.5 Å². The molecule has 1 heterocycles. The van der Waals surface area contributed by atoms with Crippen LogP contribution in [0.4, 0.5) is 17.3 Å². The number of rotatable bonds is 5. The lowest BCUT2D eigenvalue weighted by molar-refractivity contribution is 0.100. The van der Waals surface area contributed by atoms with Crippen LogP contribution in [0.3, 0.4) is 0 Å². The van der Waals surface area contributed by atoms with Crippen LogP contribution in [-0.2, 0) is 0 Å². The van der Waals surface area contributed by atoms with Crippen molar-refractivity contribution in [2.45, 2.75) is 0 Å². The quantitative estimate of drug-likeness (QED) is 0.493. The van der Waals surface area contributed by atoms with E-state index in [0.29, 0.717) is 15.7 Å². The zero-order chi connectivity index (χ0) is 18.7. The van der Waals surface area contributed by atoms with Gasteiger partial charge in [0, 0.05) is 11.9 Å². The number of nitrogens with one attached hydrogen (secondary N) is 2. The molecule has 0 atom stereocenters. The summed E-state index contributed by atoms with van der Waals surface area (Å²) in [6, 6.07) is 11.3. The highest BCUT2D eigenvalue weighted by Crippen LogP contribution is 2.30. The number of hydrogen-bond donors (Lipinski definition) is 4. The van der Waals surface area contributed by atoms with E-state index in [2.05, 4.69) is 20.5 Å². The first-order valence-electron chi connectivity index (χ1n) is 7.37. The molecule has 0 fully saturated rings. The number of aromatic hydroxyl groups is 1. The summed E-state index contributed by atoms with van der Waals surface area (Å²) >= 11 is 11.9. The van der Waals surface area contributed by atoms with Gasteiger partial charge in [-0.2, -0.15) is 5.10 Å². The van der Waals surface area contributed by atoms with E-state index in [9.17, 15) is 9.90 Å². The Morgan fingerprint density at radius 3 is 2.58 bits per heavy atom. The van der Waals surface area contributed by atoms with Crippen LogP contribution >= 0.6 is 23.2 Å². The molecular formula is C17H13Cl2N5O2. The first-order valence-corrected chi connectivity index (χ1v) is 8.13. The van der Waals surface area contributed by atoms with E-state index in [1.54, 1.807) is 30.3 Å². The van der Waals surface area contributed by atoms with Crippen molar-refractivity contribution in [3.63, 3.8) is 0 Å². The lowest BCUT2D eigenvalue weighted by Gasteiger charge is -2.06. The maximum absolute atomic E-state index is 11.8. The second-order valence-electron chi connectivity index (χ2n) is 5.26. The fraction of sp³-hybridized carbons (Fsp3) is 0. The van der Waals surface area contributed by atoms with Gasteiger partial charge in [0.25, 0.3) is 5.91 Å². The van der Waals surface area contributed by atoms with E-state index in [1.807, 2.05) is 0 Å². The Labute approximate surface area is 158 Å². The number of amides is 1. The monoisotopic (exact) mass is 389 g/mol. The van der Waals surface area contributed by atoms with Crippen molar-refractivity contribution in [3.8, 4) is 5.75 Å². The van der Waals surface area contributed by atoms with Gasteiger partial charge in [0.05, 0.1) is 10.0 Å². The average molecular weight is 390 g/mol. The molecule has 132 valence electrons. The number of benzene rings is 2. The molecule has 7 nitrogen and oxygen atoms in total. The molecule has 0 saturated heterocycles. The van der Waals surface area contributed by atoms with Crippen LogP contribution in [0, 0.1) is 0 Å². The van der Waals surface area contributed by atoms with Crippen molar-refractivity contribution in [2.75, 3.05) is 5.32 Å². The van der Waals surface area contributed by atoms with Gasteiger partial charge in [0.2, 0.25) is 0 Å². The third kappa shape index (κ3) is 3.96. The van der Waals surface area contributed by atoms with Crippen LogP contribution in [0.5, 0.6) is 5.75 Å². The molecule has 3 aromatic rings. The molecular weight excluding hydrogens is 377 g/mol. The van der Waals surface area contributed by atoms with Crippen LogP contribution < -0.4 is 11.1 Å². The van der Waals surface area contributed by atoms with Crippen LogP contribution in [-0.4, -0.2) is 27.4 Å². The Morgan fingerprint density at radius 1 is 1.19 bits per heavy atom. The summed E-state index contributed by atoms with van der Waals surface area (Å²) in [5, 5.41) is 19.7. The molecule has 1 amide bonds. The van der Waals surface area contributed by atoms with Crippen molar-refractivity contribution >= 4 is 52.6 Å². The minimum absolute atomic E-state index is 0.103. The Kier molecular flexibility index (Phi) is 5.11. The third-order valence-electron chi connectivity index (χ3n) is 3.41. The van der Waals surface area contributed by atoms with Gasteiger partial charge in [-0.3, -0.25) is 9.89 Å². The largest absolute Gasteiger partial charge is 0.508 e. The second kappa shape index (κ2) is 7.47. The number of primary amides is 1. The van der Waals surface area contributed by atoms with E-state index < -0.39 is 5.91 Å². The summed E-state index contributed by atoms with van der Waals surface area (Å²) in [5.74, 6) is -0.129. The summed E-state index contributed by atoms with van der Waals surface area (Å²) in [5.41, 5.74) is 6.88. The van der Waals surface area contributed by atoms with E-state index >= 15 is 0 Å². The van der Waals surface area contributed by atoms with E-state index in [1.165, 1.54) is 18.3 Å². The number of carbonyl (C=O) groups excluding carboxylic acids is 1. The summed E-state index contributed by atoms with van der Waals surface area (Å²) in [6.07, 6.45) is 1.52. The van der Waals surface area contributed by atoms with E-state index in [4.69, 9.17) is 28.9 Å². The maximum Gasteiger partial charge on any atom is 0.256 e. The van der Waals surface area contributed by atoms with Gasteiger partial charge in [0.15, 0.2) is 11.6 Å². The van der Waals surface area contributed by atoms with Gasteiger partial charge in [-0.25, -0.2) is 4.99 Å². The number of hydrogen-bond acceptors (Lipinski definition) is 5. The van der Waals surface area contributed by atoms with Gasteiger partial charge in [-0.15, -0.1) is 0 Å². The molecule has 0 saturated carbocycles. The number of aliphatic imine (C=N–C) groups is 1. The Hall–Kier alpha value is -3.03. The molecule has 9 heteroatoms. The first kappa shape index (κ1) is 17.8. The standard InChI is InChI=1S/C17H13Cl2N5O2/c18-12-6-3-10(7-13(12)19)22-17-14(15(20)26)16(23-24-17)21-8-9-1-4-11(25)5-2-9/h1-8,25H,(H2,20,26)(H2,22,23,24)/b21-8+. The highest BCUT2D eigenvalue weighted by Gasteiger charge is 2.18. The van der Waals surface area contributed by atoms with Gasteiger partial charge in [0.1, 0.15) is 11.3 Å². The zero-order valence-electron chi connectivity index (χ0n) is 13.2. The summed E-state index contributed by atoms with van der Waals surface area (Å²) in [7, 11) is 0. The number of aromatic nitrogens is 2. The van der Waals surface area contributed by atoms with Crippen molar-refractivity contribution in [2.24, 2.45) is 10.7 Å². The highest BCUT2D eigenvalue weighted by molar-refractivity contribution is 6.42. The number of phenols is 1. The molecule has 5 N–H and O–H groups in total. The predicted molar refractivity (Wildman–Crippen MR) is 102 cm³/mol. The van der Waals surface area contributed by atoms with Crippen molar-refractivity contribution in [1.29, 1.82) is 0 Å². The van der Waals surface area contributed by atoms with Crippen molar-refractivity contribution < 1.29 is 9.90 Å². The van der Waals surface area contributed by atoms with Crippen molar-refractivity contribution in [1.82, 2.24) is 10.2 Å². The second-order valence-corrected chi connectivity index (χ2v) is 6.08. The number of H-pyrrole nitrogens is 1. The number of anilines is 2.